The summed E-state index contributed by atoms with van der Waals surface area (Å²) in [5.41, 5.74) is 6.00. The second-order valence-electron chi connectivity index (χ2n) is 7.18. The Morgan fingerprint density at radius 3 is 2.59 bits per heavy atom. The van der Waals surface area contributed by atoms with Gasteiger partial charge in [0.15, 0.2) is 0 Å². The number of benzene rings is 2. The van der Waals surface area contributed by atoms with Gasteiger partial charge in [-0.05, 0) is 62.4 Å². The van der Waals surface area contributed by atoms with Gasteiger partial charge < -0.3 is 14.8 Å². The molecule has 4 nitrogen and oxygen atoms in total. The Morgan fingerprint density at radius 2 is 1.85 bits per heavy atom. The van der Waals surface area contributed by atoms with Crippen LogP contribution in [0.5, 0.6) is 5.75 Å². The second-order valence-corrected chi connectivity index (χ2v) is 7.18. The van der Waals surface area contributed by atoms with Crippen molar-refractivity contribution < 1.29 is 9.52 Å². The van der Waals surface area contributed by atoms with E-state index in [4.69, 9.17) is 4.42 Å². The molecule has 0 unspecified atom stereocenters. The Kier molecular flexibility index (Phi) is 5.54. The molecule has 2 N–H and O–H groups in total. The quantitative estimate of drug-likeness (QED) is 0.576. The maximum Gasteiger partial charge on any atom is 0.336 e. The maximum absolute atomic E-state index is 11.9. The molecule has 1 aromatic heterocycles. The van der Waals surface area contributed by atoms with Gasteiger partial charge in [-0.3, -0.25) is 0 Å². The van der Waals surface area contributed by atoms with E-state index in [0.717, 1.165) is 41.5 Å². The number of aryl methyl sites for hydroxylation is 3. The summed E-state index contributed by atoms with van der Waals surface area (Å²) in [5, 5.41) is 15.0. The van der Waals surface area contributed by atoms with Gasteiger partial charge in [-0.25, -0.2) is 4.79 Å². The lowest BCUT2D eigenvalue weighted by Crippen LogP contribution is -2.06. The molecule has 0 fully saturated rings. The third-order valence-corrected chi connectivity index (χ3v) is 5.28. The summed E-state index contributed by atoms with van der Waals surface area (Å²) in [7, 11) is 0. The molecule has 0 aliphatic carbocycles. The fraction of sp³-hybridized carbons (Fsp3) is 0.348. The van der Waals surface area contributed by atoms with Crippen LogP contribution in [-0.4, -0.2) is 5.11 Å². The molecule has 0 aliphatic rings. The van der Waals surface area contributed by atoms with E-state index in [0.29, 0.717) is 17.7 Å². The van der Waals surface area contributed by atoms with Crippen molar-refractivity contribution >= 4 is 16.7 Å². The zero-order valence-corrected chi connectivity index (χ0v) is 16.5. The number of phenols is 1. The lowest BCUT2D eigenvalue weighted by atomic mass is 9.98. The minimum absolute atomic E-state index is 0.177. The van der Waals surface area contributed by atoms with E-state index < -0.39 is 0 Å². The minimum atomic E-state index is -0.364. The highest BCUT2D eigenvalue weighted by Crippen LogP contribution is 2.33. The highest BCUT2D eigenvalue weighted by molar-refractivity contribution is 5.86. The number of unbranched alkanes of at least 4 members (excludes halogenated alkanes) is 1. The highest BCUT2D eigenvalue weighted by Gasteiger charge is 2.15. The van der Waals surface area contributed by atoms with Gasteiger partial charge >= 0.3 is 5.63 Å². The van der Waals surface area contributed by atoms with Crippen LogP contribution in [0.2, 0.25) is 0 Å². The second kappa shape index (κ2) is 7.87. The van der Waals surface area contributed by atoms with Gasteiger partial charge in [-0.2, -0.15) is 0 Å². The number of phenolic OH excluding ortho intramolecular Hbond substituents is 1. The summed E-state index contributed by atoms with van der Waals surface area (Å²) >= 11 is 0. The first-order valence-corrected chi connectivity index (χ1v) is 9.50. The number of aromatic hydroxyl groups is 1. The molecule has 0 radical (unpaired) electrons. The smallest absolute Gasteiger partial charge is 0.336 e. The van der Waals surface area contributed by atoms with Crippen LogP contribution in [0.4, 0.5) is 5.69 Å². The Labute approximate surface area is 159 Å². The molecule has 27 heavy (non-hydrogen) atoms. The largest absolute Gasteiger partial charge is 0.507 e. The number of anilines is 1. The highest BCUT2D eigenvalue weighted by atomic mass is 16.4. The third kappa shape index (κ3) is 3.85. The lowest BCUT2D eigenvalue weighted by Gasteiger charge is -2.15. The lowest BCUT2D eigenvalue weighted by molar-refractivity contribution is 0.462. The standard InChI is InChI=1S/C23H27NO3/c1-5-6-9-17-12-21(25)27-23-16(4)22(26)18(11-19(17)23)13-24-20-10-7-8-14(2)15(20)3/h7-8,10-12,24,26H,5-6,9,13H2,1-4H3. The monoisotopic (exact) mass is 365 g/mol. The summed E-state index contributed by atoms with van der Waals surface area (Å²) in [4.78, 5) is 11.9. The fourth-order valence-electron chi connectivity index (χ4n) is 3.42. The predicted octanol–water partition coefficient (Wildman–Crippen LogP) is 5.38. The van der Waals surface area contributed by atoms with E-state index in [2.05, 4.69) is 32.2 Å². The summed E-state index contributed by atoms with van der Waals surface area (Å²) in [6.07, 6.45) is 2.89. The van der Waals surface area contributed by atoms with E-state index in [9.17, 15) is 9.90 Å². The van der Waals surface area contributed by atoms with Gasteiger partial charge in [-0.15, -0.1) is 0 Å². The van der Waals surface area contributed by atoms with Crippen molar-refractivity contribution in [2.45, 2.75) is 53.5 Å². The van der Waals surface area contributed by atoms with Crippen LogP contribution in [0, 0.1) is 20.8 Å². The van der Waals surface area contributed by atoms with Crippen molar-refractivity contribution in [3.05, 3.63) is 68.6 Å². The molecule has 0 aliphatic heterocycles. The Morgan fingerprint density at radius 1 is 1.07 bits per heavy atom. The van der Waals surface area contributed by atoms with Crippen LogP contribution in [0.3, 0.4) is 0 Å². The molecular formula is C23H27NO3. The third-order valence-electron chi connectivity index (χ3n) is 5.28. The number of fused-ring (bicyclic) bond motifs is 1. The van der Waals surface area contributed by atoms with Crippen LogP contribution in [0.15, 0.2) is 39.5 Å². The minimum Gasteiger partial charge on any atom is -0.507 e. The fourth-order valence-corrected chi connectivity index (χ4v) is 3.42. The van der Waals surface area contributed by atoms with Crippen molar-refractivity contribution in [1.29, 1.82) is 0 Å². The van der Waals surface area contributed by atoms with Gasteiger partial charge in [0, 0.05) is 34.8 Å². The van der Waals surface area contributed by atoms with Crippen molar-refractivity contribution in [2.75, 3.05) is 5.32 Å². The van der Waals surface area contributed by atoms with Gasteiger partial charge in [0.05, 0.1) is 0 Å². The zero-order valence-electron chi connectivity index (χ0n) is 16.5. The average Bonchev–Trinajstić information content (AvgIpc) is 2.65. The van der Waals surface area contributed by atoms with Gasteiger partial charge in [0.25, 0.3) is 0 Å². The molecule has 1 heterocycles. The summed E-state index contributed by atoms with van der Waals surface area (Å²) < 4.78 is 5.41. The molecule has 0 bridgehead atoms. The topological polar surface area (TPSA) is 62.5 Å². The summed E-state index contributed by atoms with van der Waals surface area (Å²) in [6.45, 7) is 8.59. The number of hydrogen-bond donors (Lipinski definition) is 2. The van der Waals surface area contributed by atoms with Crippen LogP contribution in [0.25, 0.3) is 11.0 Å². The molecule has 0 saturated heterocycles. The van der Waals surface area contributed by atoms with Crippen LogP contribution in [-0.2, 0) is 13.0 Å². The summed E-state index contributed by atoms with van der Waals surface area (Å²) in [6, 6.07) is 9.67. The van der Waals surface area contributed by atoms with Gasteiger partial charge in [-0.1, -0.05) is 25.5 Å². The molecular weight excluding hydrogens is 338 g/mol. The molecule has 0 amide bonds. The molecule has 142 valence electrons. The van der Waals surface area contributed by atoms with Crippen molar-refractivity contribution in [2.24, 2.45) is 0 Å². The van der Waals surface area contributed by atoms with Crippen molar-refractivity contribution in [1.82, 2.24) is 0 Å². The zero-order chi connectivity index (χ0) is 19.6. The Hall–Kier alpha value is -2.75. The maximum atomic E-state index is 11.9. The predicted molar refractivity (Wildman–Crippen MR) is 111 cm³/mol. The van der Waals surface area contributed by atoms with E-state index in [-0.39, 0.29) is 11.4 Å². The molecule has 0 saturated carbocycles. The normalized spacial score (nSPS) is 11.1. The number of rotatable bonds is 6. The van der Waals surface area contributed by atoms with E-state index in [1.165, 1.54) is 11.1 Å². The van der Waals surface area contributed by atoms with Gasteiger partial charge in [0.2, 0.25) is 0 Å². The van der Waals surface area contributed by atoms with E-state index >= 15 is 0 Å². The first kappa shape index (κ1) is 19.0. The van der Waals surface area contributed by atoms with Crippen molar-refractivity contribution in [3.63, 3.8) is 0 Å². The Balaban J connectivity index is 2.02. The van der Waals surface area contributed by atoms with Crippen LogP contribution >= 0.6 is 0 Å². The van der Waals surface area contributed by atoms with E-state index in [1.54, 1.807) is 13.0 Å². The first-order valence-electron chi connectivity index (χ1n) is 9.50. The molecule has 0 atom stereocenters. The van der Waals surface area contributed by atoms with E-state index in [1.807, 2.05) is 18.2 Å². The number of nitrogens with one attached hydrogen (secondary N) is 1. The van der Waals surface area contributed by atoms with Crippen LogP contribution in [0.1, 0.15) is 47.6 Å². The Bertz CT molecular complexity index is 1030. The molecule has 3 aromatic rings. The SMILES string of the molecule is CCCCc1cc(=O)oc2c(C)c(O)c(CNc3cccc(C)c3C)cc12. The molecule has 0 spiro atoms. The van der Waals surface area contributed by atoms with Gasteiger partial charge in [0.1, 0.15) is 11.3 Å². The first-order chi connectivity index (χ1) is 12.9. The summed E-state index contributed by atoms with van der Waals surface area (Å²) in [5.74, 6) is 0.177. The van der Waals surface area contributed by atoms with Crippen molar-refractivity contribution in [3.8, 4) is 5.75 Å². The average molecular weight is 365 g/mol. The molecule has 2 aromatic carbocycles. The molecule has 3 rings (SSSR count). The molecule has 4 heteroatoms. The number of hydrogen-bond acceptors (Lipinski definition) is 4. The van der Waals surface area contributed by atoms with Crippen LogP contribution < -0.4 is 10.9 Å².